The van der Waals surface area contributed by atoms with Gasteiger partial charge in [-0.2, -0.15) is 0 Å². The molecule has 2 aromatic rings. The number of fused-ring (bicyclic) bond motifs is 3. The summed E-state index contributed by atoms with van der Waals surface area (Å²) in [5.74, 6) is 0.989. The van der Waals surface area contributed by atoms with Gasteiger partial charge in [-0.3, -0.25) is 4.79 Å². The molecule has 3 aliphatic rings. The van der Waals surface area contributed by atoms with Crippen LogP contribution in [0, 0.1) is 11.8 Å². The minimum Gasteiger partial charge on any atom is -0.493 e. The predicted molar refractivity (Wildman–Crippen MR) is 103 cm³/mol. The average molecular weight is 414 g/mol. The summed E-state index contributed by atoms with van der Waals surface area (Å²) in [6.45, 7) is 0.289. The Bertz CT molecular complexity index is 991. The van der Waals surface area contributed by atoms with Crippen LogP contribution >= 0.6 is 0 Å². The molecule has 1 N–H and O–H groups in total. The molecule has 1 fully saturated rings. The van der Waals surface area contributed by atoms with Crippen molar-refractivity contribution >= 4 is 5.97 Å². The molecule has 8 nitrogen and oxygen atoms in total. The summed E-state index contributed by atoms with van der Waals surface area (Å²) < 4.78 is 32.9. The van der Waals surface area contributed by atoms with Crippen LogP contribution in [0.25, 0.3) is 0 Å². The molecular weight excluding hydrogens is 392 g/mol. The average Bonchev–Trinajstić information content (AvgIpc) is 3.38. The highest BCUT2D eigenvalue weighted by Crippen LogP contribution is 2.55. The van der Waals surface area contributed by atoms with Crippen LogP contribution in [0.5, 0.6) is 28.7 Å². The Balaban J connectivity index is 1.74. The lowest BCUT2D eigenvalue weighted by atomic mass is 9.66. The Labute approximate surface area is 173 Å². The van der Waals surface area contributed by atoms with Crippen LogP contribution in [0.4, 0.5) is 0 Å². The molecule has 0 aromatic heterocycles. The van der Waals surface area contributed by atoms with Crippen LogP contribution in [-0.2, 0) is 9.53 Å². The third-order valence-electron chi connectivity index (χ3n) is 6.19. The van der Waals surface area contributed by atoms with Crippen molar-refractivity contribution in [3.63, 3.8) is 0 Å². The van der Waals surface area contributed by atoms with E-state index in [-0.39, 0.29) is 31.2 Å². The number of aliphatic hydroxyl groups is 1. The number of carbonyl (C=O) groups is 1. The van der Waals surface area contributed by atoms with E-state index in [2.05, 4.69) is 0 Å². The maximum atomic E-state index is 12.7. The third kappa shape index (κ3) is 2.60. The van der Waals surface area contributed by atoms with E-state index in [1.165, 1.54) is 7.11 Å². The normalized spacial score (nSPS) is 25.9. The zero-order valence-electron chi connectivity index (χ0n) is 16.8. The van der Waals surface area contributed by atoms with Crippen molar-refractivity contribution in [2.24, 2.45) is 11.8 Å². The monoisotopic (exact) mass is 414 g/mol. The van der Waals surface area contributed by atoms with E-state index >= 15 is 0 Å². The number of hydrogen-bond donors (Lipinski definition) is 1. The lowest BCUT2D eigenvalue weighted by molar-refractivity contribution is -0.141. The van der Waals surface area contributed by atoms with Gasteiger partial charge in [0.2, 0.25) is 12.5 Å². The largest absolute Gasteiger partial charge is 0.493 e. The van der Waals surface area contributed by atoms with Gasteiger partial charge in [0.25, 0.3) is 0 Å². The highest BCUT2D eigenvalue weighted by Gasteiger charge is 2.52. The summed E-state index contributed by atoms with van der Waals surface area (Å²) in [6, 6.07) is 7.31. The van der Waals surface area contributed by atoms with Gasteiger partial charge in [0.15, 0.2) is 23.0 Å². The first-order chi connectivity index (χ1) is 14.6. The predicted octanol–water partition coefficient (Wildman–Crippen LogP) is 2.41. The summed E-state index contributed by atoms with van der Waals surface area (Å²) in [5, 5.41) is 11.0. The molecule has 2 aromatic carbocycles. The minimum atomic E-state index is -0.843. The van der Waals surface area contributed by atoms with Crippen molar-refractivity contribution in [2.75, 3.05) is 34.7 Å². The van der Waals surface area contributed by atoms with Crippen molar-refractivity contribution in [3.8, 4) is 28.7 Å². The second-order valence-electron chi connectivity index (χ2n) is 7.54. The zero-order valence-corrected chi connectivity index (χ0v) is 16.8. The quantitative estimate of drug-likeness (QED) is 0.763. The summed E-state index contributed by atoms with van der Waals surface area (Å²) in [6.07, 6.45) is -0.843. The van der Waals surface area contributed by atoms with Gasteiger partial charge in [-0.15, -0.1) is 0 Å². The van der Waals surface area contributed by atoms with Gasteiger partial charge in [0.1, 0.15) is 0 Å². The van der Waals surface area contributed by atoms with E-state index < -0.39 is 12.0 Å². The lowest BCUT2D eigenvalue weighted by Crippen LogP contribution is -2.34. The molecule has 8 heteroatoms. The molecule has 0 amide bonds. The number of benzene rings is 2. The van der Waals surface area contributed by atoms with Gasteiger partial charge < -0.3 is 33.5 Å². The topological polar surface area (TPSA) is 92.7 Å². The van der Waals surface area contributed by atoms with E-state index in [0.717, 1.165) is 11.1 Å². The summed E-state index contributed by atoms with van der Waals surface area (Å²) in [4.78, 5) is 12.7. The van der Waals surface area contributed by atoms with Crippen molar-refractivity contribution in [1.82, 2.24) is 0 Å². The van der Waals surface area contributed by atoms with Crippen molar-refractivity contribution in [3.05, 3.63) is 41.0 Å². The van der Waals surface area contributed by atoms with E-state index in [1.807, 2.05) is 18.2 Å². The first-order valence-electron chi connectivity index (χ1n) is 9.65. The SMILES string of the molecule is COc1cc(C2c3cc4c(cc3C(O)[C@@H]3COC(=O)[C@@H]23)OCO4)cc(OC)c1OC. The van der Waals surface area contributed by atoms with Crippen molar-refractivity contribution in [2.45, 2.75) is 12.0 Å². The van der Waals surface area contributed by atoms with Crippen LogP contribution in [0.3, 0.4) is 0 Å². The maximum Gasteiger partial charge on any atom is 0.310 e. The number of carbonyl (C=O) groups excluding carboxylic acids is 1. The molecular formula is C22H22O8. The fraction of sp³-hybridized carbons (Fsp3) is 0.409. The number of methoxy groups -OCH3 is 3. The van der Waals surface area contributed by atoms with Crippen LogP contribution in [-0.4, -0.2) is 45.8 Å². The van der Waals surface area contributed by atoms with Gasteiger partial charge in [-0.05, 0) is 41.0 Å². The highest BCUT2D eigenvalue weighted by molar-refractivity contribution is 5.79. The Morgan fingerprint density at radius 3 is 2.13 bits per heavy atom. The smallest absolute Gasteiger partial charge is 0.310 e. The summed E-state index contributed by atoms with van der Waals surface area (Å²) >= 11 is 0. The van der Waals surface area contributed by atoms with Gasteiger partial charge in [-0.1, -0.05) is 0 Å². The van der Waals surface area contributed by atoms with Crippen LogP contribution in [0.15, 0.2) is 24.3 Å². The Morgan fingerprint density at radius 1 is 0.900 bits per heavy atom. The first kappa shape index (κ1) is 18.9. The van der Waals surface area contributed by atoms with E-state index in [4.69, 9.17) is 28.4 Å². The molecule has 2 unspecified atom stereocenters. The van der Waals surface area contributed by atoms with Gasteiger partial charge in [0, 0.05) is 11.8 Å². The van der Waals surface area contributed by atoms with Crippen LogP contribution in [0.2, 0.25) is 0 Å². The fourth-order valence-corrected chi connectivity index (χ4v) is 4.81. The molecule has 2 aliphatic heterocycles. The maximum absolute atomic E-state index is 12.7. The molecule has 4 atom stereocenters. The van der Waals surface area contributed by atoms with Gasteiger partial charge in [0.05, 0.1) is 40.0 Å². The van der Waals surface area contributed by atoms with Gasteiger partial charge in [-0.25, -0.2) is 0 Å². The Morgan fingerprint density at radius 2 is 1.53 bits per heavy atom. The number of cyclic esters (lactones) is 1. The second-order valence-corrected chi connectivity index (χ2v) is 7.54. The molecule has 30 heavy (non-hydrogen) atoms. The number of hydrogen-bond acceptors (Lipinski definition) is 8. The molecule has 158 valence electrons. The molecule has 1 aliphatic carbocycles. The van der Waals surface area contributed by atoms with E-state index in [9.17, 15) is 9.90 Å². The summed E-state index contributed by atoms with van der Waals surface area (Å²) in [7, 11) is 4.63. The van der Waals surface area contributed by atoms with Crippen LogP contribution < -0.4 is 23.7 Å². The molecule has 0 spiro atoms. The van der Waals surface area contributed by atoms with Crippen molar-refractivity contribution in [1.29, 1.82) is 0 Å². The third-order valence-corrected chi connectivity index (χ3v) is 6.19. The molecule has 0 radical (unpaired) electrons. The Hall–Kier alpha value is -3.13. The fourth-order valence-electron chi connectivity index (χ4n) is 4.81. The molecule has 2 heterocycles. The number of ether oxygens (including phenoxy) is 6. The molecule has 1 saturated heterocycles. The Kier molecular flexibility index (Phi) is 4.39. The zero-order chi connectivity index (χ0) is 21.0. The minimum absolute atomic E-state index is 0.123. The lowest BCUT2D eigenvalue weighted by Gasteiger charge is -2.37. The number of aliphatic hydroxyl groups excluding tert-OH is 1. The molecule has 0 bridgehead atoms. The highest BCUT2D eigenvalue weighted by atomic mass is 16.7. The van der Waals surface area contributed by atoms with E-state index in [0.29, 0.717) is 34.3 Å². The molecule has 0 saturated carbocycles. The molecule has 5 rings (SSSR count). The number of esters is 1. The van der Waals surface area contributed by atoms with Crippen molar-refractivity contribution < 1.29 is 38.3 Å². The second kappa shape index (κ2) is 6.98. The first-order valence-corrected chi connectivity index (χ1v) is 9.65. The van der Waals surface area contributed by atoms with Crippen LogP contribution in [0.1, 0.15) is 28.7 Å². The van der Waals surface area contributed by atoms with Gasteiger partial charge >= 0.3 is 5.97 Å². The van der Waals surface area contributed by atoms with E-state index in [1.54, 1.807) is 20.3 Å². The number of rotatable bonds is 4. The summed E-state index contributed by atoms with van der Waals surface area (Å²) in [5.41, 5.74) is 2.30. The standard InChI is InChI=1S/C22H22O8/c1-25-16-4-10(5-17(26-2)21(16)27-3)18-11-6-14-15(30-9-29-14)7-12(11)20(23)13-8-28-22(24)19(13)18/h4-7,13,18-20,23H,8-9H2,1-3H3/t13-,18?,19-,20?/m1/s1.